The number of carbonyl (C=O) groups excluding carboxylic acids is 2. The summed E-state index contributed by atoms with van der Waals surface area (Å²) >= 11 is 0. The van der Waals surface area contributed by atoms with Crippen molar-refractivity contribution in [1.29, 1.82) is 0 Å². The highest BCUT2D eigenvalue weighted by Gasteiger charge is 2.37. The number of nitro benzene ring substituents is 1. The highest BCUT2D eigenvalue weighted by atomic mass is 19.1. The van der Waals surface area contributed by atoms with Crippen LogP contribution in [0.15, 0.2) is 12.1 Å². The van der Waals surface area contributed by atoms with Crippen LogP contribution in [0.1, 0.15) is 6.42 Å². The normalized spacial score (nSPS) is 18.4. The van der Waals surface area contributed by atoms with Gasteiger partial charge >= 0.3 is 0 Å². The fourth-order valence-electron chi connectivity index (χ4n) is 2.03. The number of nitro groups is 1. The number of nitrogens with zero attached hydrogens (tertiary/aromatic N) is 2. The van der Waals surface area contributed by atoms with Crippen molar-refractivity contribution in [3.63, 3.8) is 0 Å². The number of halogens is 2. The molecule has 0 spiro atoms. The van der Waals surface area contributed by atoms with Gasteiger partial charge in [0.2, 0.25) is 11.8 Å². The number of non-ortho nitro benzene ring substituents is 1. The lowest BCUT2D eigenvalue weighted by molar-refractivity contribution is -0.385. The van der Waals surface area contributed by atoms with Crippen LogP contribution in [0.25, 0.3) is 0 Å². The van der Waals surface area contributed by atoms with Crippen LogP contribution in [0.4, 0.5) is 20.2 Å². The van der Waals surface area contributed by atoms with Gasteiger partial charge in [-0.1, -0.05) is 0 Å². The molecule has 9 heteroatoms. The Morgan fingerprint density at radius 1 is 1.40 bits per heavy atom. The van der Waals surface area contributed by atoms with E-state index in [4.69, 9.17) is 5.73 Å². The largest absolute Gasteiger partial charge is 0.369 e. The van der Waals surface area contributed by atoms with Gasteiger partial charge in [0.15, 0.2) is 11.6 Å². The van der Waals surface area contributed by atoms with Crippen LogP contribution in [0.2, 0.25) is 0 Å². The molecule has 20 heavy (non-hydrogen) atoms. The molecule has 1 aromatic rings. The summed E-state index contributed by atoms with van der Waals surface area (Å²) in [5.74, 6) is -4.73. The summed E-state index contributed by atoms with van der Waals surface area (Å²) in [6.45, 7) is -0.250. The average molecular weight is 285 g/mol. The van der Waals surface area contributed by atoms with Gasteiger partial charge in [-0.3, -0.25) is 19.7 Å². The van der Waals surface area contributed by atoms with Crippen molar-refractivity contribution in [1.82, 2.24) is 0 Å². The monoisotopic (exact) mass is 285 g/mol. The van der Waals surface area contributed by atoms with E-state index in [1.54, 1.807) is 0 Å². The van der Waals surface area contributed by atoms with E-state index in [1.165, 1.54) is 0 Å². The molecule has 2 rings (SSSR count). The highest BCUT2D eigenvalue weighted by molar-refractivity contribution is 6.00. The van der Waals surface area contributed by atoms with Crippen LogP contribution in [0, 0.1) is 27.7 Å². The molecule has 1 saturated heterocycles. The van der Waals surface area contributed by atoms with Crippen LogP contribution >= 0.6 is 0 Å². The van der Waals surface area contributed by atoms with Gasteiger partial charge in [-0.05, 0) is 0 Å². The van der Waals surface area contributed by atoms with E-state index in [0.29, 0.717) is 12.1 Å². The zero-order chi connectivity index (χ0) is 15.0. The summed E-state index contributed by atoms with van der Waals surface area (Å²) in [4.78, 5) is 32.9. The number of benzene rings is 1. The van der Waals surface area contributed by atoms with Crippen molar-refractivity contribution in [3.05, 3.63) is 33.9 Å². The molecule has 1 aliphatic heterocycles. The Balaban J connectivity index is 2.41. The lowest BCUT2D eigenvalue weighted by atomic mass is 10.1. The van der Waals surface area contributed by atoms with Crippen LogP contribution in [0.3, 0.4) is 0 Å². The van der Waals surface area contributed by atoms with Crippen molar-refractivity contribution in [2.75, 3.05) is 11.4 Å². The first kappa shape index (κ1) is 13.8. The second-order valence-corrected chi connectivity index (χ2v) is 4.32. The molecule has 0 radical (unpaired) electrons. The third kappa shape index (κ3) is 2.29. The van der Waals surface area contributed by atoms with E-state index >= 15 is 0 Å². The first-order valence-electron chi connectivity index (χ1n) is 5.54. The predicted octanol–water partition coefficient (Wildman–Crippen LogP) is 0.711. The van der Waals surface area contributed by atoms with Crippen molar-refractivity contribution < 1.29 is 23.3 Å². The SMILES string of the molecule is NC(=O)C1CC(=O)N(c2c(F)cc([N+](=O)[O-])cc2F)C1. The molecule has 1 fully saturated rings. The standard InChI is InChI=1S/C11H9F2N3O4/c12-7-2-6(16(19)20)3-8(13)10(7)15-4-5(11(14)18)1-9(15)17/h2-3,5H,1,4H2,(H2,14,18). The fourth-order valence-corrected chi connectivity index (χ4v) is 2.03. The summed E-state index contributed by atoms with van der Waals surface area (Å²) in [5, 5.41) is 10.5. The van der Waals surface area contributed by atoms with Crippen molar-refractivity contribution in [2.45, 2.75) is 6.42 Å². The Bertz CT molecular complexity index is 597. The summed E-state index contributed by atoms with van der Waals surface area (Å²) in [6, 6.07) is 1.03. The molecule has 106 valence electrons. The fraction of sp³-hybridized carbons (Fsp3) is 0.273. The van der Waals surface area contributed by atoms with E-state index < -0.39 is 45.7 Å². The van der Waals surface area contributed by atoms with Crippen molar-refractivity contribution in [3.8, 4) is 0 Å². The number of rotatable bonds is 3. The predicted molar refractivity (Wildman–Crippen MR) is 62.7 cm³/mol. The summed E-state index contributed by atoms with van der Waals surface area (Å²) < 4.78 is 27.5. The van der Waals surface area contributed by atoms with Crippen molar-refractivity contribution >= 4 is 23.2 Å². The smallest absolute Gasteiger partial charge is 0.275 e. The molecule has 1 aliphatic rings. The maximum Gasteiger partial charge on any atom is 0.275 e. The van der Waals surface area contributed by atoms with E-state index in [1.807, 2.05) is 0 Å². The Kier molecular flexibility index (Phi) is 3.35. The Labute approximate surface area is 111 Å². The summed E-state index contributed by atoms with van der Waals surface area (Å²) in [5.41, 5.74) is 3.58. The molecule has 7 nitrogen and oxygen atoms in total. The van der Waals surface area contributed by atoms with Gasteiger partial charge in [0.25, 0.3) is 5.69 Å². The second kappa shape index (κ2) is 4.83. The Hall–Kier alpha value is -2.58. The number of primary amides is 1. The molecule has 0 aliphatic carbocycles. The second-order valence-electron chi connectivity index (χ2n) is 4.32. The number of amides is 2. The van der Waals surface area contributed by atoms with Gasteiger partial charge < -0.3 is 10.6 Å². The first-order chi connectivity index (χ1) is 9.31. The first-order valence-corrected chi connectivity index (χ1v) is 5.54. The third-order valence-electron chi connectivity index (χ3n) is 3.01. The van der Waals surface area contributed by atoms with Gasteiger partial charge in [0.1, 0.15) is 5.69 Å². The molecule has 0 aromatic heterocycles. The van der Waals surface area contributed by atoms with Gasteiger partial charge in [0.05, 0.1) is 23.0 Å². The Morgan fingerprint density at radius 2 is 1.95 bits per heavy atom. The van der Waals surface area contributed by atoms with Gasteiger partial charge in [-0.2, -0.15) is 0 Å². The maximum atomic E-state index is 13.8. The molecule has 0 bridgehead atoms. The molecule has 1 atom stereocenters. The highest BCUT2D eigenvalue weighted by Crippen LogP contribution is 2.32. The number of hydrogen-bond acceptors (Lipinski definition) is 4. The van der Waals surface area contributed by atoms with Gasteiger partial charge in [0, 0.05) is 13.0 Å². The minimum Gasteiger partial charge on any atom is -0.369 e. The molecular weight excluding hydrogens is 276 g/mol. The zero-order valence-electron chi connectivity index (χ0n) is 10.0. The topological polar surface area (TPSA) is 107 Å². The van der Waals surface area contributed by atoms with E-state index in [2.05, 4.69) is 0 Å². The maximum absolute atomic E-state index is 13.8. The summed E-state index contributed by atoms with van der Waals surface area (Å²) in [7, 11) is 0. The molecule has 2 amide bonds. The number of hydrogen-bond donors (Lipinski definition) is 1. The average Bonchev–Trinajstić information content (AvgIpc) is 2.70. The molecule has 0 saturated carbocycles. The van der Waals surface area contributed by atoms with E-state index in [-0.39, 0.29) is 13.0 Å². The number of nitrogens with two attached hydrogens (primary N) is 1. The van der Waals surface area contributed by atoms with E-state index in [9.17, 15) is 28.5 Å². The minimum atomic E-state index is -1.24. The molecule has 2 N–H and O–H groups in total. The molecule has 1 unspecified atom stereocenters. The van der Waals surface area contributed by atoms with E-state index in [0.717, 1.165) is 4.90 Å². The third-order valence-corrected chi connectivity index (χ3v) is 3.01. The molecule has 1 heterocycles. The minimum absolute atomic E-state index is 0.245. The van der Waals surface area contributed by atoms with Crippen molar-refractivity contribution in [2.24, 2.45) is 11.7 Å². The molecule has 1 aromatic carbocycles. The number of carbonyl (C=O) groups is 2. The molecular formula is C11H9F2N3O4. The number of anilines is 1. The van der Waals surface area contributed by atoms with Crippen LogP contribution < -0.4 is 10.6 Å². The quantitative estimate of drug-likeness (QED) is 0.652. The lowest BCUT2D eigenvalue weighted by Gasteiger charge is -2.17. The lowest BCUT2D eigenvalue weighted by Crippen LogP contribution is -2.29. The van der Waals surface area contributed by atoms with Crippen LogP contribution in [0.5, 0.6) is 0 Å². The Morgan fingerprint density at radius 3 is 2.35 bits per heavy atom. The zero-order valence-corrected chi connectivity index (χ0v) is 10.0. The van der Waals surface area contributed by atoms with Gasteiger partial charge in [-0.15, -0.1) is 0 Å². The van der Waals surface area contributed by atoms with Crippen LogP contribution in [-0.2, 0) is 9.59 Å². The van der Waals surface area contributed by atoms with Gasteiger partial charge in [-0.25, -0.2) is 8.78 Å². The van der Waals surface area contributed by atoms with Crippen LogP contribution in [-0.4, -0.2) is 23.3 Å². The summed E-state index contributed by atoms with van der Waals surface area (Å²) in [6.07, 6.45) is -0.245.